The van der Waals surface area contributed by atoms with Crippen molar-refractivity contribution in [3.8, 4) is 0 Å². The Labute approximate surface area is 313 Å². The van der Waals surface area contributed by atoms with Crippen molar-refractivity contribution in [2.45, 2.75) is 233 Å². The first-order chi connectivity index (χ1) is 24.2. The standard InChI is InChI=1S/C41H80O9S/c1-6-8-10-12-14-16-18-20-22-24-26-28-30-32-34-39(3,37(42)43)36-41(46,50-51(47,48)49-5)40(4,38(44)45)35-33-31-29-27-25-23-21-19-17-15-13-11-9-7-2/h46H,6-36H2,1-5H3,(H,42,43)(H,44,45). The molecule has 0 aromatic carbocycles. The Morgan fingerprint density at radius 1 is 0.510 bits per heavy atom. The van der Waals surface area contributed by atoms with Gasteiger partial charge in [0.05, 0.1) is 12.5 Å². The molecule has 3 unspecified atom stereocenters. The molecule has 0 spiro atoms. The zero-order valence-electron chi connectivity index (χ0n) is 33.6. The van der Waals surface area contributed by atoms with Gasteiger partial charge in [-0.25, -0.2) is 4.18 Å². The summed E-state index contributed by atoms with van der Waals surface area (Å²) in [6.07, 6.45) is 31.2. The summed E-state index contributed by atoms with van der Waals surface area (Å²) in [5.74, 6) is -5.53. The van der Waals surface area contributed by atoms with Crippen molar-refractivity contribution in [3.63, 3.8) is 0 Å². The fourth-order valence-electron chi connectivity index (χ4n) is 7.17. The van der Waals surface area contributed by atoms with E-state index in [-0.39, 0.29) is 12.8 Å². The SMILES string of the molecule is CCCCCCCCCCCCCCCCC(C)(CC(O)(OS(=O)(=O)OC)C(C)(CCCCCCCCCCCCCCCC)C(=O)O)C(=O)O. The maximum absolute atomic E-state index is 12.7. The third-order valence-corrected chi connectivity index (χ3v) is 11.9. The number of carbonyl (C=O) groups is 2. The van der Waals surface area contributed by atoms with Gasteiger partial charge in [0.15, 0.2) is 0 Å². The van der Waals surface area contributed by atoms with Crippen LogP contribution in [0.25, 0.3) is 0 Å². The molecule has 51 heavy (non-hydrogen) atoms. The van der Waals surface area contributed by atoms with Crippen molar-refractivity contribution >= 4 is 22.3 Å². The monoisotopic (exact) mass is 749 g/mol. The molecule has 3 N–H and O–H groups in total. The van der Waals surface area contributed by atoms with E-state index in [4.69, 9.17) is 4.18 Å². The molecule has 0 aliphatic heterocycles. The Balaban J connectivity index is 5.00. The summed E-state index contributed by atoms with van der Waals surface area (Å²) < 4.78 is 34.5. The molecule has 0 amide bonds. The number of unbranched alkanes of at least 4 members (excludes halogenated alkanes) is 26. The van der Waals surface area contributed by atoms with Gasteiger partial charge < -0.3 is 15.3 Å². The van der Waals surface area contributed by atoms with Gasteiger partial charge >= 0.3 is 22.3 Å². The molecule has 0 bridgehead atoms. The van der Waals surface area contributed by atoms with E-state index in [1.54, 1.807) is 0 Å². The third kappa shape index (κ3) is 22.6. The van der Waals surface area contributed by atoms with Crippen LogP contribution in [0.5, 0.6) is 0 Å². The molecule has 9 nitrogen and oxygen atoms in total. The Morgan fingerprint density at radius 2 is 0.804 bits per heavy atom. The van der Waals surface area contributed by atoms with Crippen molar-refractivity contribution in [2.75, 3.05) is 7.11 Å². The molecule has 304 valence electrons. The molecule has 0 heterocycles. The molecular weight excluding hydrogens is 669 g/mol. The lowest BCUT2D eigenvalue weighted by Crippen LogP contribution is -2.57. The van der Waals surface area contributed by atoms with Crippen LogP contribution in [0.15, 0.2) is 0 Å². The smallest absolute Gasteiger partial charge is 0.402 e. The molecule has 0 radical (unpaired) electrons. The van der Waals surface area contributed by atoms with Crippen LogP contribution in [0, 0.1) is 10.8 Å². The molecule has 0 fully saturated rings. The topological polar surface area (TPSA) is 147 Å². The molecule has 0 aliphatic carbocycles. The highest BCUT2D eigenvalue weighted by atomic mass is 32.3. The molecular formula is C41H80O9S. The van der Waals surface area contributed by atoms with Gasteiger partial charge in [0, 0.05) is 6.42 Å². The minimum Gasteiger partial charge on any atom is -0.481 e. The molecule has 0 aromatic heterocycles. The van der Waals surface area contributed by atoms with Gasteiger partial charge in [0.2, 0.25) is 5.79 Å². The minimum atomic E-state index is -4.81. The summed E-state index contributed by atoms with van der Waals surface area (Å²) in [5.41, 5.74) is -3.72. The third-order valence-electron chi connectivity index (χ3n) is 11.0. The second kappa shape index (κ2) is 29.2. The summed E-state index contributed by atoms with van der Waals surface area (Å²) in [6.45, 7) is 7.14. The normalized spacial score (nSPS) is 15.6. The van der Waals surface area contributed by atoms with Crippen molar-refractivity contribution in [3.05, 3.63) is 0 Å². The van der Waals surface area contributed by atoms with E-state index < -0.39 is 45.4 Å². The lowest BCUT2D eigenvalue weighted by molar-refractivity contribution is -0.245. The first kappa shape index (κ1) is 49.8. The number of aliphatic carboxylic acids is 2. The summed E-state index contributed by atoms with van der Waals surface area (Å²) in [6, 6.07) is 0. The predicted octanol–water partition coefficient (Wildman–Crippen LogP) is 11.9. The highest BCUT2D eigenvalue weighted by Crippen LogP contribution is 2.47. The number of hydrogen-bond acceptors (Lipinski definition) is 7. The van der Waals surface area contributed by atoms with Crippen LogP contribution in [-0.2, 0) is 28.4 Å². The average molecular weight is 749 g/mol. The lowest BCUT2D eigenvalue weighted by atomic mass is 9.68. The van der Waals surface area contributed by atoms with E-state index in [2.05, 4.69) is 18.0 Å². The summed E-state index contributed by atoms with van der Waals surface area (Å²) in [5, 5.41) is 32.5. The maximum Gasteiger partial charge on any atom is 0.402 e. The van der Waals surface area contributed by atoms with Crippen LogP contribution < -0.4 is 0 Å². The summed E-state index contributed by atoms with van der Waals surface area (Å²) >= 11 is 0. The van der Waals surface area contributed by atoms with Crippen molar-refractivity contribution < 1.29 is 41.7 Å². The van der Waals surface area contributed by atoms with E-state index in [0.29, 0.717) is 19.3 Å². The minimum absolute atomic E-state index is 0.0787. The van der Waals surface area contributed by atoms with Crippen molar-refractivity contribution in [2.24, 2.45) is 10.8 Å². The van der Waals surface area contributed by atoms with Crippen LogP contribution >= 0.6 is 0 Å². The second-order valence-electron chi connectivity index (χ2n) is 15.8. The van der Waals surface area contributed by atoms with E-state index in [1.807, 2.05) is 0 Å². The van der Waals surface area contributed by atoms with E-state index >= 15 is 0 Å². The molecule has 0 saturated carbocycles. The zero-order valence-corrected chi connectivity index (χ0v) is 34.4. The maximum atomic E-state index is 12.7. The number of carboxylic acids is 2. The van der Waals surface area contributed by atoms with Gasteiger partial charge in [-0.1, -0.05) is 194 Å². The summed E-state index contributed by atoms with van der Waals surface area (Å²) in [7, 11) is -3.95. The van der Waals surface area contributed by atoms with E-state index in [9.17, 15) is 33.3 Å². The molecule has 0 aromatic rings. The highest BCUT2D eigenvalue weighted by Gasteiger charge is 2.59. The fourth-order valence-corrected chi connectivity index (χ4v) is 7.82. The average Bonchev–Trinajstić information content (AvgIpc) is 3.07. The van der Waals surface area contributed by atoms with Crippen LogP contribution in [0.4, 0.5) is 0 Å². The Morgan fingerprint density at radius 3 is 1.08 bits per heavy atom. The van der Waals surface area contributed by atoms with Gasteiger partial charge in [-0.3, -0.25) is 13.8 Å². The van der Waals surface area contributed by atoms with Crippen LogP contribution in [0.1, 0.15) is 227 Å². The molecule has 0 aliphatic rings. The Hall–Kier alpha value is -1.23. The number of aliphatic hydroxyl groups is 1. The van der Waals surface area contributed by atoms with E-state index in [0.717, 1.165) is 52.1 Å². The first-order valence-corrected chi connectivity index (χ1v) is 22.3. The molecule has 3 atom stereocenters. The van der Waals surface area contributed by atoms with Gasteiger partial charge in [0.25, 0.3) is 0 Å². The van der Waals surface area contributed by atoms with Crippen LogP contribution in [0.2, 0.25) is 0 Å². The predicted molar refractivity (Wildman–Crippen MR) is 208 cm³/mol. The number of carboxylic acid groups (broad SMARTS) is 2. The fraction of sp³-hybridized carbons (Fsp3) is 0.951. The highest BCUT2D eigenvalue weighted by molar-refractivity contribution is 7.81. The van der Waals surface area contributed by atoms with Gasteiger partial charge in [-0.2, -0.15) is 8.42 Å². The van der Waals surface area contributed by atoms with Crippen LogP contribution in [0.3, 0.4) is 0 Å². The molecule has 0 saturated heterocycles. The Bertz CT molecular complexity index is 988. The van der Waals surface area contributed by atoms with Crippen LogP contribution in [-0.4, -0.2) is 48.6 Å². The first-order valence-electron chi connectivity index (χ1n) is 20.9. The van der Waals surface area contributed by atoms with Crippen molar-refractivity contribution in [1.82, 2.24) is 0 Å². The summed E-state index contributed by atoms with van der Waals surface area (Å²) in [4.78, 5) is 25.3. The van der Waals surface area contributed by atoms with Crippen molar-refractivity contribution in [1.29, 1.82) is 0 Å². The van der Waals surface area contributed by atoms with Gasteiger partial charge in [0.1, 0.15) is 5.41 Å². The largest absolute Gasteiger partial charge is 0.481 e. The molecule has 10 heteroatoms. The quantitative estimate of drug-likeness (QED) is 0.0414. The Kier molecular flexibility index (Phi) is 28.5. The van der Waals surface area contributed by atoms with E-state index in [1.165, 1.54) is 129 Å². The number of hydrogen-bond donors (Lipinski definition) is 3. The van der Waals surface area contributed by atoms with Gasteiger partial charge in [-0.15, -0.1) is 0 Å². The second-order valence-corrected chi connectivity index (χ2v) is 17.1. The lowest BCUT2D eigenvalue weighted by Gasteiger charge is -2.44. The zero-order chi connectivity index (χ0) is 38.5. The molecule has 0 rings (SSSR count). The number of rotatable bonds is 38. The van der Waals surface area contributed by atoms with Gasteiger partial charge in [-0.05, 0) is 26.7 Å².